The van der Waals surface area contributed by atoms with E-state index < -0.39 is 6.09 Å². The SMILES string of the molecule is COC(=O)Nc1nc2c(s1)CN(C(=O)c1ccc(NC(C)=O)cc1)CC2. The Balaban J connectivity index is 1.68. The lowest BCUT2D eigenvalue weighted by Crippen LogP contribution is -2.35. The number of carbonyl (C=O) groups excluding carboxylic acids is 3. The van der Waals surface area contributed by atoms with Crippen LogP contribution in [0.15, 0.2) is 24.3 Å². The van der Waals surface area contributed by atoms with E-state index in [1.54, 1.807) is 29.2 Å². The van der Waals surface area contributed by atoms with E-state index in [4.69, 9.17) is 0 Å². The Morgan fingerprint density at radius 3 is 2.58 bits per heavy atom. The number of hydrogen-bond donors (Lipinski definition) is 2. The molecule has 0 unspecified atom stereocenters. The molecule has 1 aliphatic heterocycles. The highest BCUT2D eigenvalue weighted by Crippen LogP contribution is 2.29. The first-order valence-electron chi connectivity index (χ1n) is 7.96. The maximum absolute atomic E-state index is 12.7. The molecule has 0 aliphatic carbocycles. The van der Waals surface area contributed by atoms with E-state index >= 15 is 0 Å². The third-order valence-corrected chi connectivity index (χ3v) is 4.86. The number of nitrogens with one attached hydrogen (secondary N) is 2. The van der Waals surface area contributed by atoms with Crippen LogP contribution in [0.1, 0.15) is 27.9 Å². The third-order valence-electron chi connectivity index (χ3n) is 3.87. The normalized spacial score (nSPS) is 12.9. The van der Waals surface area contributed by atoms with E-state index in [0.717, 1.165) is 10.6 Å². The minimum Gasteiger partial charge on any atom is -0.453 e. The molecule has 0 radical (unpaired) electrons. The van der Waals surface area contributed by atoms with Gasteiger partial charge in [-0.3, -0.25) is 14.9 Å². The molecular formula is C17H18N4O4S. The van der Waals surface area contributed by atoms with Gasteiger partial charge in [-0.25, -0.2) is 9.78 Å². The number of aromatic nitrogens is 1. The predicted octanol–water partition coefficient (Wildman–Crippen LogP) is 2.48. The van der Waals surface area contributed by atoms with Gasteiger partial charge >= 0.3 is 6.09 Å². The van der Waals surface area contributed by atoms with Crippen LogP contribution < -0.4 is 10.6 Å². The fraction of sp³-hybridized carbons (Fsp3) is 0.294. The van der Waals surface area contributed by atoms with Crippen molar-refractivity contribution in [2.45, 2.75) is 19.9 Å². The maximum atomic E-state index is 12.7. The van der Waals surface area contributed by atoms with Gasteiger partial charge in [0.25, 0.3) is 5.91 Å². The third kappa shape index (κ3) is 3.99. The largest absolute Gasteiger partial charge is 0.453 e. The minimum absolute atomic E-state index is 0.0825. The zero-order valence-corrected chi connectivity index (χ0v) is 15.2. The highest BCUT2D eigenvalue weighted by Gasteiger charge is 2.25. The van der Waals surface area contributed by atoms with E-state index in [2.05, 4.69) is 20.4 Å². The molecule has 0 spiro atoms. The first-order chi connectivity index (χ1) is 12.5. The molecular weight excluding hydrogens is 356 g/mol. The monoisotopic (exact) mass is 374 g/mol. The van der Waals surface area contributed by atoms with Crippen LogP contribution in [0.2, 0.25) is 0 Å². The standard InChI is InChI=1S/C17H18N4O4S/c1-10(22)18-12-5-3-11(4-6-12)15(23)21-8-7-13-14(9-21)26-16(19-13)20-17(24)25-2/h3-6H,7-9H2,1-2H3,(H,18,22)(H,19,20,24). The fourth-order valence-electron chi connectivity index (χ4n) is 2.64. The average Bonchev–Trinajstić information content (AvgIpc) is 3.02. The van der Waals surface area contributed by atoms with Gasteiger partial charge in [-0.15, -0.1) is 0 Å². The molecule has 2 aromatic rings. The smallest absolute Gasteiger partial charge is 0.413 e. The van der Waals surface area contributed by atoms with E-state index in [1.165, 1.54) is 25.4 Å². The molecule has 0 saturated carbocycles. The summed E-state index contributed by atoms with van der Waals surface area (Å²) >= 11 is 1.34. The molecule has 1 aliphatic rings. The number of hydrogen-bond acceptors (Lipinski definition) is 6. The van der Waals surface area contributed by atoms with Crippen molar-refractivity contribution in [2.75, 3.05) is 24.3 Å². The van der Waals surface area contributed by atoms with Gasteiger partial charge in [0, 0.05) is 36.0 Å². The summed E-state index contributed by atoms with van der Waals surface area (Å²) in [7, 11) is 1.29. The summed E-state index contributed by atoms with van der Waals surface area (Å²) in [6, 6.07) is 6.80. The summed E-state index contributed by atoms with van der Waals surface area (Å²) < 4.78 is 4.56. The summed E-state index contributed by atoms with van der Waals surface area (Å²) in [4.78, 5) is 42.1. The Hall–Kier alpha value is -2.94. The number of amides is 3. The number of methoxy groups -OCH3 is 1. The van der Waals surface area contributed by atoms with Crippen molar-refractivity contribution in [2.24, 2.45) is 0 Å². The van der Waals surface area contributed by atoms with Crippen LogP contribution in [0, 0.1) is 0 Å². The molecule has 0 bridgehead atoms. The predicted molar refractivity (Wildman–Crippen MR) is 97.3 cm³/mol. The molecule has 9 heteroatoms. The number of benzene rings is 1. The van der Waals surface area contributed by atoms with Crippen molar-refractivity contribution in [3.05, 3.63) is 40.4 Å². The molecule has 0 fully saturated rings. The van der Waals surface area contributed by atoms with Crippen molar-refractivity contribution in [1.82, 2.24) is 9.88 Å². The van der Waals surface area contributed by atoms with Crippen LogP contribution in [-0.2, 0) is 22.5 Å². The van der Waals surface area contributed by atoms with Crippen LogP contribution >= 0.6 is 11.3 Å². The second-order valence-electron chi connectivity index (χ2n) is 5.74. The van der Waals surface area contributed by atoms with Crippen molar-refractivity contribution in [1.29, 1.82) is 0 Å². The second-order valence-corrected chi connectivity index (χ2v) is 6.82. The Labute approximate surface area is 154 Å². The molecule has 136 valence electrons. The zero-order chi connectivity index (χ0) is 18.7. The molecule has 3 amide bonds. The van der Waals surface area contributed by atoms with Gasteiger partial charge in [-0.05, 0) is 24.3 Å². The summed E-state index contributed by atoms with van der Waals surface area (Å²) in [5.74, 6) is -0.241. The van der Waals surface area contributed by atoms with Gasteiger partial charge in [0.1, 0.15) is 0 Å². The molecule has 3 rings (SSSR count). The number of rotatable bonds is 3. The van der Waals surface area contributed by atoms with Crippen molar-refractivity contribution < 1.29 is 19.1 Å². The number of nitrogens with zero attached hydrogens (tertiary/aromatic N) is 2. The van der Waals surface area contributed by atoms with Crippen LogP contribution in [0.4, 0.5) is 15.6 Å². The van der Waals surface area contributed by atoms with Crippen molar-refractivity contribution in [3.8, 4) is 0 Å². The Morgan fingerprint density at radius 1 is 1.19 bits per heavy atom. The second kappa shape index (κ2) is 7.52. The van der Waals surface area contributed by atoms with Crippen molar-refractivity contribution >= 4 is 40.1 Å². The fourth-order valence-corrected chi connectivity index (χ4v) is 3.65. The average molecular weight is 374 g/mol. The van der Waals surface area contributed by atoms with Gasteiger partial charge in [0.2, 0.25) is 5.91 Å². The molecule has 26 heavy (non-hydrogen) atoms. The number of fused-ring (bicyclic) bond motifs is 1. The first-order valence-corrected chi connectivity index (χ1v) is 8.78. The van der Waals surface area contributed by atoms with E-state index in [1.807, 2.05) is 0 Å². The van der Waals surface area contributed by atoms with Crippen LogP contribution in [0.5, 0.6) is 0 Å². The Bertz CT molecular complexity index is 847. The lowest BCUT2D eigenvalue weighted by atomic mass is 10.1. The van der Waals surface area contributed by atoms with E-state index in [9.17, 15) is 14.4 Å². The summed E-state index contributed by atoms with van der Waals surface area (Å²) in [6.07, 6.45) is 0.0630. The lowest BCUT2D eigenvalue weighted by molar-refractivity contribution is -0.114. The summed E-state index contributed by atoms with van der Waals surface area (Å²) in [5.41, 5.74) is 2.10. The molecule has 2 heterocycles. The van der Waals surface area contributed by atoms with E-state index in [-0.39, 0.29) is 11.8 Å². The Morgan fingerprint density at radius 2 is 1.92 bits per heavy atom. The number of anilines is 2. The molecule has 1 aromatic heterocycles. The van der Waals surface area contributed by atoms with Gasteiger partial charge in [-0.1, -0.05) is 11.3 Å². The van der Waals surface area contributed by atoms with Gasteiger partial charge in [0.05, 0.1) is 19.3 Å². The molecule has 1 aromatic carbocycles. The lowest BCUT2D eigenvalue weighted by Gasteiger charge is -2.26. The van der Waals surface area contributed by atoms with Gasteiger partial charge < -0.3 is 15.0 Å². The molecule has 8 nitrogen and oxygen atoms in total. The highest BCUT2D eigenvalue weighted by molar-refractivity contribution is 7.15. The highest BCUT2D eigenvalue weighted by atomic mass is 32.1. The van der Waals surface area contributed by atoms with Crippen molar-refractivity contribution in [3.63, 3.8) is 0 Å². The number of thiazole rings is 1. The Kier molecular flexibility index (Phi) is 5.17. The quantitative estimate of drug-likeness (QED) is 0.860. The van der Waals surface area contributed by atoms with Crippen LogP contribution in [0.3, 0.4) is 0 Å². The van der Waals surface area contributed by atoms with Crippen LogP contribution in [0.25, 0.3) is 0 Å². The van der Waals surface area contributed by atoms with Gasteiger partial charge in [-0.2, -0.15) is 0 Å². The molecule has 0 atom stereocenters. The van der Waals surface area contributed by atoms with Gasteiger partial charge in [0.15, 0.2) is 5.13 Å². The molecule has 0 saturated heterocycles. The number of carbonyl (C=O) groups is 3. The first kappa shape index (κ1) is 17.9. The van der Waals surface area contributed by atoms with Crippen LogP contribution in [-0.4, -0.2) is 41.4 Å². The summed E-state index contributed by atoms with van der Waals surface area (Å²) in [5, 5.41) is 5.69. The number of ether oxygens (including phenoxy) is 1. The summed E-state index contributed by atoms with van der Waals surface area (Å²) in [6.45, 7) is 2.44. The maximum Gasteiger partial charge on any atom is 0.413 e. The minimum atomic E-state index is -0.566. The zero-order valence-electron chi connectivity index (χ0n) is 14.4. The topological polar surface area (TPSA) is 101 Å². The molecule has 2 N–H and O–H groups in total. The van der Waals surface area contributed by atoms with E-state index in [0.29, 0.717) is 35.9 Å².